The smallest absolute Gasteiger partial charge is 0.184 e. The molecule has 0 aliphatic carbocycles. The predicted octanol–water partition coefficient (Wildman–Crippen LogP) is 5.03. The van der Waals surface area contributed by atoms with Crippen LogP contribution >= 0.6 is 22.9 Å². The average molecular weight is 327 g/mol. The van der Waals surface area contributed by atoms with E-state index < -0.39 is 11.6 Å². The molecule has 0 saturated heterocycles. The number of aryl methyl sites for hydroxylation is 1. The zero-order chi connectivity index (χ0) is 15.1. The Hall–Kier alpha value is -1.46. The first-order valence-corrected chi connectivity index (χ1v) is 7.82. The molecular formula is C15H13ClF2N2S. The number of hydrogen-bond donors (Lipinski definition) is 0. The zero-order valence-corrected chi connectivity index (χ0v) is 13.1. The minimum Gasteiger partial charge on any atom is -0.319 e. The van der Waals surface area contributed by atoms with Crippen LogP contribution < -0.4 is 0 Å². The quantitative estimate of drug-likeness (QED) is 0.617. The molecule has 2 heterocycles. The number of nitrogens with zero attached hydrogens (tertiary/aromatic N) is 2. The lowest BCUT2D eigenvalue weighted by molar-refractivity contribution is 0.511. The number of imidazole rings is 1. The number of fused-ring (bicyclic) bond motifs is 1. The molecule has 0 spiro atoms. The summed E-state index contributed by atoms with van der Waals surface area (Å²) in [6.07, 6.45) is 0. The summed E-state index contributed by atoms with van der Waals surface area (Å²) >= 11 is 7.73. The second-order valence-corrected chi connectivity index (χ2v) is 6.58. The summed E-state index contributed by atoms with van der Waals surface area (Å²) in [5.41, 5.74) is 1.71. The van der Waals surface area contributed by atoms with Crippen LogP contribution in [-0.4, -0.2) is 9.55 Å². The maximum absolute atomic E-state index is 14.2. The Morgan fingerprint density at radius 3 is 2.71 bits per heavy atom. The van der Waals surface area contributed by atoms with Gasteiger partial charge in [0.25, 0.3) is 0 Å². The van der Waals surface area contributed by atoms with Gasteiger partial charge < -0.3 is 4.57 Å². The average Bonchev–Trinajstić information content (AvgIpc) is 3.00. The molecule has 0 N–H and O–H groups in total. The highest BCUT2D eigenvalue weighted by molar-refractivity contribution is 7.10. The zero-order valence-electron chi connectivity index (χ0n) is 11.5. The number of alkyl halides is 1. The minimum absolute atomic E-state index is 0.172. The molecule has 0 aliphatic heterocycles. The fourth-order valence-electron chi connectivity index (χ4n) is 2.35. The van der Waals surface area contributed by atoms with Gasteiger partial charge in [0.2, 0.25) is 0 Å². The van der Waals surface area contributed by atoms with E-state index in [1.54, 1.807) is 22.8 Å². The first-order valence-electron chi connectivity index (χ1n) is 6.50. The van der Waals surface area contributed by atoms with Gasteiger partial charge in [-0.1, -0.05) is 0 Å². The summed E-state index contributed by atoms with van der Waals surface area (Å²) in [6, 6.07) is 4.57. The fraction of sp³-hybridized carbons (Fsp3) is 0.267. The monoisotopic (exact) mass is 326 g/mol. The van der Waals surface area contributed by atoms with E-state index in [0.717, 1.165) is 16.5 Å². The van der Waals surface area contributed by atoms with Gasteiger partial charge in [-0.3, -0.25) is 0 Å². The number of hydrogen-bond acceptors (Lipinski definition) is 2. The van der Waals surface area contributed by atoms with Crippen molar-refractivity contribution < 1.29 is 8.78 Å². The van der Waals surface area contributed by atoms with Crippen molar-refractivity contribution in [3.63, 3.8) is 0 Å². The van der Waals surface area contributed by atoms with Crippen LogP contribution in [0.3, 0.4) is 0 Å². The molecule has 3 rings (SSSR count). The molecule has 1 atom stereocenters. The van der Waals surface area contributed by atoms with E-state index in [1.807, 2.05) is 18.4 Å². The lowest BCUT2D eigenvalue weighted by Crippen LogP contribution is -2.06. The van der Waals surface area contributed by atoms with Gasteiger partial charge in [0.15, 0.2) is 11.6 Å². The predicted molar refractivity (Wildman–Crippen MR) is 82.1 cm³/mol. The molecule has 21 heavy (non-hydrogen) atoms. The summed E-state index contributed by atoms with van der Waals surface area (Å²) in [5, 5.41) is 1.59. The van der Waals surface area contributed by atoms with Gasteiger partial charge in [0.1, 0.15) is 11.3 Å². The molecular weight excluding hydrogens is 314 g/mol. The van der Waals surface area contributed by atoms with Crippen molar-refractivity contribution in [3.05, 3.63) is 51.5 Å². The topological polar surface area (TPSA) is 17.8 Å². The summed E-state index contributed by atoms with van der Waals surface area (Å²) < 4.78 is 29.4. The second-order valence-electron chi connectivity index (χ2n) is 4.93. The number of thiophene rings is 1. The molecule has 3 aromatic rings. The normalized spacial score (nSPS) is 13.0. The van der Waals surface area contributed by atoms with Gasteiger partial charge in [0.05, 0.1) is 17.4 Å². The fourth-order valence-corrected chi connectivity index (χ4v) is 3.41. The van der Waals surface area contributed by atoms with E-state index in [1.165, 1.54) is 6.07 Å². The van der Waals surface area contributed by atoms with Crippen LogP contribution in [0.25, 0.3) is 11.0 Å². The molecule has 0 radical (unpaired) electrons. The highest BCUT2D eigenvalue weighted by Crippen LogP contribution is 2.29. The molecule has 1 unspecified atom stereocenters. The van der Waals surface area contributed by atoms with E-state index in [2.05, 4.69) is 4.98 Å². The summed E-state index contributed by atoms with van der Waals surface area (Å²) in [7, 11) is 0. The third-order valence-electron chi connectivity index (χ3n) is 3.45. The van der Waals surface area contributed by atoms with Crippen LogP contribution in [0.15, 0.2) is 23.6 Å². The molecule has 0 amide bonds. The Labute approximate surface area is 130 Å². The largest absolute Gasteiger partial charge is 0.319 e. The van der Waals surface area contributed by atoms with Crippen molar-refractivity contribution in [1.82, 2.24) is 9.55 Å². The van der Waals surface area contributed by atoms with Crippen molar-refractivity contribution >= 4 is 34.0 Å². The van der Waals surface area contributed by atoms with Gasteiger partial charge in [-0.05, 0) is 43.0 Å². The van der Waals surface area contributed by atoms with Crippen LogP contribution in [0.5, 0.6) is 0 Å². The number of benzene rings is 1. The highest BCUT2D eigenvalue weighted by Gasteiger charge is 2.20. The summed E-state index contributed by atoms with van der Waals surface area (Å²) in [6.45, 7) is 4.20. The van der Waals surface area contributed by atoms with Gasteiger partial charge in [-0.25, -0.2) is 13.8 Å². The molecule has 0 aliphatic rings. The van der Waals surface area contributed by atoms with Crippen molar-refractivity contribution in [3.8, 4) is 0 Å². The Balaban J connectivity index is 2.25. The lowest BCUT2D eigenvalue weighted by atomic mass is 10.2. The van der Waals surface area contributed by atoms with Crippen molar-refractivity contribution in [2.24, 2.45) is 0 Å². The molecule has 2 nitrogen and oxygen atoms in total. The van der Waals surface area contributed by atoms with Crippen LogP contribution in [0.2, 0.25) is 0 Å². The number of rotatable bonds is 3. The van der Waals surface area contributed by atoms with E-state index in [9.17, 15) is 8.78 Å². The Morgan fingerprint density at radius 2 is 2.10 bits per heavy atom. The summed E-state index contributed by atoms with van der Waals surface area (Å²) in [4.78, 5) is 5.43. The molecule has 0 saturated carbocycles. The van der Waals surface area contributed by atoms with E-state index in [4.69, 9.17) is 11.6 Å². The lowest BCUT2D eigenvalue weighted by Gasteiger charge is -2.10. The third-order valence-corrected chi connectivity index (χ3v) is 4.66. The second kappa shape index (κ2) is 5.39. The Bertz CT molecular complexity index is 807. The van der Waals surface area contributed by atoms with Crippen LogP contribution in [0, 0.1) is 18.6 Å². The third kappa shape index (κ3) is 2.45. The van der Waals surface area contributed by atoms with E-state index in [-0.39, 0.29) is 10.9 Å². The molecule has 2 aromatic heterocycles. The number of halogens is 3. The first kappa shape index (κ1) is 14.5. The Morgan fingerprint density at radius 1 is 1.33 bits per heavy atom. The van der Waals surface area contributed by atoms with Crippen molar-refractivity contribution in [1.29, 1.82) is 0 Å². The number of aromatic nitrogens is 2. The molecule has 0 bridgehead atoms. The first-order chi connectivity index (χ1) is 9.99. The van der Waals surface area contributed by atoms with Crippen LogP contribution in [0.1, 0.15) is 28.6 Å². The van der Waals surface area contributed by atoms with Crippen LogP contribution in [0.4, 0.5) is 8.78 Å². The maximum atomic E-state index is 14.2. The standard InChI is InChI=1S/C15H13ClF2N2S/c1-8-5-6-21-12(8)7-20-14-11(19-15(20)9(2)16)4-3-10(17)13(14)18/h3-6,9H,7H2,1-2H3. The van der Waals surface area contributed by atoms with Gasteiger partial charge in [0, 0.05) is 4.88 Å². The van der Waals surface area contributed by atoms with Gasteiger partial charge in [-0.15, -0.1) is 22.9 Å². The molecule has 110 valence electrons. The SMILES string of the molecule is Cc1ccsc1Cn1c(C(C)Cl)nc2ccc(F)c(F)c21. The molecule has 1 aromatic carbocycles. The van der Waals surface area contributed by atoms with Crippen LogP contribution in [-0.2, 0) is 6.54 Å². The van der Waals surface area contributed by atoms with Crippen molar-refractivity contribution in [2.45, 2.75) is 25.8 Å². The van der Waals surface area contributed by atoms with Gasteiger partial charge in [-0.2, -0.15) is 0 Å². The van der Waals surface area contributed by atoms with E-state index >= 15 is 0 Å². The maximum Gasteiger partial charge on any atom is 0.184 e. The summed E-state index contributed by atoms with van der Waals surface area (Å²) in [5.74, 6) is -1.21. The van der Waals surface area contributed by atoms with Gasteiger partial charge >= 0.3 is 0 Å². The van der Waals surface area contributed by atoms with Crippen molar-refractivity contribution in [2.75, 3.05) is 0 Å². The molecule has 0 fully saturated rings. The minimum atomic E-state index is -0.877. The highest BCUT2D eigenvalue weighted by atomic mass is 35.5. The Kier molecular flexibility index (Phi) is 3.71. The van der Waals surface area contributed by atoms with E-state index in [0.29, 0.717) is 17.9 Å². The molecule has 6 heteroatoms.